The summed E-state index contributed by atoms with van der Waals surface area (Å²) in [5.74, 6) is -11.5. The van der Waals surface area contributed by atoms with Crippen LogP contribution in [-0.4, -0.2) is 113 Å². The first-order valence-corrected chi connectivity index (χ1v) is 17.4. The summed E-state index contributed by atoms with van der Waals surface area (Å²) in [6.07, 6.45) is -6.37. The number of aromatic hydroxyl groups is 2. The van der Waals surface area contributed by atoms with Gasteiger partial charge in [-0.3, -0.25) is 28.8 Å². The third-order valence-corrected chi connectivity index (χ3v) is 11.6. The fourth-order valence-corrected chi connectivity index (χ4v) is 8.80. The minimum atomic E-state index is -1.93. The van der Waals surface area contributed by atoms with Crippen LogP contribution in [-0.2, 0) is 47.7 Å². The minimum Gasteiger partial charge on any atom is -0.506 e. The number of carboxylic acid groups (broad SMARTS) is 2. The van der Waals surface area contributed by atoms with Gasteiger partial charge < -0.3 is 59.1 Å². The van der Waals surface area contributed by atoms with Gasteiger partial charge in [-0.05, 0) is 58.4 Å². The molecule has 9 atom stereocenters. The fourth-order valence-electron chi connectivity index (χ4n) is 8.80. The van der Waals surface area contributed by atoms with Crippen LogP contribution in [0.3, 0.4) is 0 Å². The summed E-state index contributed by atoms with van der Waals surface area (Å²) >= 11 is 0. The molecule has 0 radical (unpaired) electrons. The topological polar surface area (TPSA) is 286 Å². The molecule has 0 amide bonds. The van der Waals surface area contributed by atoms with Gasteiger partial charge in [0.15, 0.2) is 53.1 Å². The van der Waals surface area contributed by atoms with Crippen LogP contribution in [0.1, 0.15) is 58.6 Å². The van der Waals surface area contributed by atoms with Crippen LogP contribution < -0.4 is 9.47 Å². The van der Waals surface area contributed by atoms with Gasteiger partial charge in [0, 0.05) is 11.1 Å². The maximum absolute atomic E-state index is 13.7. The zero-order valence-corrected chi connectivity index (χ0v) is 30.2. The van der Waals surface area contributed by atoms with Crippen LogP contribution >= 0.6 is 0 Å². The molecule has 0 bridgehead atoms. The van der Waals surface area contributed by atoms with E-state index >= 15 is 0 Å². The average Bonchev–Trinajstić information content (AvgIpc) is 3.99. The number of phenolic OH excluding ortho intramolecular Hbond substituents is 2. The van der Waals surface area contributed by atoms with E-state index in [1.165, 1.54) is 58.9 Å². The summed E-state index contributed by atoms with van der Waals surface area (Å²) in [6, 6.07) is 5.13. The number of phenols is 2. The molecule has 6 N–H and O–H groups in total. The molecule has 2 aromatic rings. The second-order valence-electron chi connectivity index (χ2n) is 15.2. The second-order valence-corrected chi connectivity index (χ2v) is 15.2. The Hall–Kier alpha value is -6.14. The Morgan fingerprint density at radius 1 is 0.714 bits per heavy atom. The molecule has 56 heavy (non-hydrogen) atoms. The van der Waals surface area contributed by atoms with Crippen LogP contribution in [0.25, 0.3) is 22.6 Å². The molecular formula is C38H34O18. The molecule has 2 saturated heterocycles. The molecule has 4 fully saturated rings. The predicted octanol–water partition coefficient (Wildman–Crippen LogP) is 2.49. The lowest BCUT2D eigenvalue weighted by atomic mass is 9.70. The van der Waals surface area contributed by atoms with Crippen molar-refractivity contribution < 1.29 is 87.8 Å². The van der Waals surface area contributed by atoms with Crippen molar-refractivity contribution in [2.45, 2.75) is 94.3 Å². The molecule has 18 nitrogen and oxygen atoms in total. The van der Waals surface area contributed by atoms with E-state index in [0.29, 0.717) is 0 Å². The van der Waals surface area contributed by atoms with Crippen LogP contribution in [0.5, 0.6) is 23.0 Å². The molecule has 0 spiro atoms. The summed E-state index contributed by atoms with van der Waals surface area (Å²) < 4.78 is 34.8. The number of rotatable bonds is 8. The normalized spacial score (nSPS) is 33.5. The highest BCUT2D eigenvalue weighted by Crippen LogP contribution is 2.61. The highest BCUT2D eigenvalue weighted by atomic mass is 16.7. The highest BCUT2D eigenvalue weighted by Gasteiger charge is 2.77. The molecule has 6 aliphatic rings. The molecule has 2 aliphatic carbocycles. The molecule has 2 aromatic carbocycles. The van der Waals surface area contributed by atoms with Crippen LogP contribution in [0.2, 0.25) is 0 Å². The zero-order chi connectivity index (χ0) is 40.8. The smallest absolute Gasteiger partial charge is 0.320 e. The number of carbonyl (C=O) groups excluding carboxylic acids is 4. The molecule has 8 rings (SSSR count). The van der Waals surface area contributed by atoms with E-state index in [4.69, 9.17) is 33.5 Å². The Bertz CT molecular complexity index is 2320. The van der Waals surface area contributed by atoms with E-state index < -0.39 is 140 Å². The van der Waals surface area contributed by atoms with E-state index in [1.54, 1.807) is 0 Å². The Morgan fingerprint density at radius 2 is 1.14 bits per heavy atom. The van der Waals surface area contributed by atoms with Gasteiger partial charge in [-0.15, -0.1) is 0 Å². The molecular weight excluding hydrogens is 744 g/mol. The molecule has 294 valence electrons. The number of hydrogen-bond donors (Lipinski definition) is 6. The van der Waals surface area contributed by atoms with Crippen molar-refractivity contribution >= 4 is 47.0 Å². The van der Waals surface area contributed by atoms with Crippen LogP contribution in [0.15, 0.2) is 35.4 Å². The predicted molar refractivity (Wildman–Crippen MR) is 182 cm³/mol. The number of ether oxygens (including phenoxy) is 6. The van der Waals surface area contributed by atoms with Gasteiger partial charge >= 0.3 is 23.9 Å². The number of hydrogen-bond acceptors (Lipinski definition) is 16. The summed E-state index contributed by atoms with van der Waals surface area (Å²) in [5.41, 5.74) is -8.66. The maximum Gasteiger partial charge on any atom is 0.320 e. The van der Waals surface area contributed by atoms with Crippen molar-refractivity contribution in [1.29, 1.82) is 0 Å². The van der Waals surface area contributed by atoms with Gasteiger partial charge in [0.25, 0.3) is 0 Å². The Balaban J connectivity index is 1.20. The number of carboxylic acids is 2. The number of Topliss-reactive ketones (excluding diaryl/α,β-unsaturated/α-hetero) is 2. The second kappa shape index (κ2) is 11.5. The number of esters is 2. The van der Waals surface area contributed by atoms with Gasteiger partial charge in [0.2, 0.25) is 0 Å². The Morgan fingerprint density at radius 3 is 1.54 bits per heavy atom. The van der Waals surface area contributed by atoms with Crippen molar-refractivity contribution in [2.24, 2.45) is 5.92 Å². The number of benzene rings is 2. The summed E-state index contributed by atoms with van der Waals surface area (Å²) in [7, 11) is 0. The average molecular weight is 779 g/mol. The van der Waals surface area contributed by atoms with Gasteiger partial charge in [0.1, 0.15) is 63.3 Å². The Kier molecular flexibility index (Phi) is 7.53. The van der Waals surface area contributed by atoms with Crippen LogP contribution in [0.4, 0.5) is 0 Å². The van der Waals surface area contributed by atoms with E-state index in [-0.39, 0.29) is 29.0 Å². The van der Waals surface area contributed by atoms with Gasteiger partial charge in [-0.1, -0.05) is 6.92 Å². The highest BCUT2D eigenvalue weighted by molar-refractivity contribution is 6.12. The first-order chi connectivity index (χ1) is 26.1. The lowest BCUT2D eigenvalue weighted by molar-refractivity contribution is -0.176. The molecule has 4 aliphatic heterocycles. The van der Waals surface area contributed by atoms with Gasteiger partial charge in [0.05, 0.1) is 11.1 Å². The molecule has 2 saturated carbocycles. The third kappa shape index (κ3) is 4.68. The standard InChI is InChI=1S/C38H34O18/c1-6-12(31(48)49)32(50)52-34-36(3)22(28(47)30-38(34,5)56-30)26(45)20-16(54-36)10-8-14(24(20)43)13-7-9-15-19(23(13)42)25(44)21-27(46)29-37(4,55-29)33(35(21,2)53-15)51-18(41)11-17(39)40/h7-10,12,29-30,33-34,42-45H,6,11H2,1-5H3,(H,39,40)(H,48,49). The first-order valence-electron chi connectivity index (χ1n) is 17.4. The lowest BCUT2D eigenvalue weighted by Gasteiger charge is -2.45. The number of epoxide rings is 2. The van der Waals surface area contributed by atoms with Gasteiger partial charge in [-0.25, -0.2) is 0 Å². The quantitative estimate of drug-likeness (QED) is 0.127. The number of carbonyl (C=O) groups is 6. The fraction of sp³-hybridized carbons (Fsp3) is 0.421. The monoisotopic (exact) mass is 778 g/mol. The van der Waals surface area contributed by atoms with Crippen LogP contribution in [0, 0.1) is 5.92 Å². The van der Waals surface area contributed by atoms with E-state index in [9.17, 15) is 54.3 Å². The summed E-state index contributed by atoms with van der Waals surface area (Å²) in [5, 5.41) is 65.4. The summed E-state index contributed by atoms with van der Waals surface area (Å²) in [4.78, 5) is 75.8. The maximum atomic E-state index is 13.7. The zero-order valence-electron chi connectivity index (χ0n) is 30.2. The number of aliphatic carboxylic acids is 2. The number of aliphatic hydroxyl groups is 2. The van der Waals surface area contributed by atoms with Crippen molar-refractivity contribution in [3.8, 4) is 34.1 Å². The third-order valence-electron chi connectivity index (χ3n) is 11.6. The van der Waals surface area contributed by atoms with E-state index in [0.717, 1.165) is 0 Å². The number of ketones is 2. The van der Waals surface area contributed by atoms with Gasteiger partial charge in [-0.2, -0.15) is 0 Å². The number of fused-ring (bicyclic) bond motifs is 6. The Labute approximate surface area is 315 Å². The minimum absolute atomic E-state index is 0.100. The van der Waals surface area contributed by atoms with E-state index in [1.807, 2.05) is 0 Å². The number of aliphatic hydroxyl groups excluding tert-OH is 2. The van der Waals surface area contributed by atoms with E-state index in [2.05, 4.69) is 0 Å². The first kappa shape index (κ1) is 36.8. The molecule has 0 aromatic heterocycles. The largest absolute Gasteiger partial charge is 0.506 e. The van der Waals surface area contributed by atoms with Crippen molar-refractivity contribution in [3.63, 3.8) is 0 Å². The van der Waals surface area contributed by atoms with Crippen molar-refractivity contribution in [2.75, 3.05) is 0 Å². The van der Waals surface area contributed by atoms with Crippen molar-refractivity contribution in [1.82, 2.24) is 0 Å². The molecule has 9 unspecified atom stereocenters. The molecule has 18 heteroatoms. The molecule has 4 heterocycles. The lowest BCUT2D eigenvalue weighted by Crippen LogP contribution is -2.62. The SMILES string of the molecule is CCC(C(=O)O)C(=O)OC1C2(C)Oc3ccc(-c4ccc5c(c4O)C(O)=C4C(=O)C6OC6(C)C(OC(=O)CC(=O)O)C4(C)O5)c(O)c3C(O)=C2C(=O)C2OC21C. The summed E-state index contributed by atoms with van der Waals surface area (Å²) in [6.45, 7) is 7.12. The van der Waals surface area contributed by atoms with Crippen molar-refractivity contribution in [3.05, 3.63) is 46.5 Å².